The summed E-state index contributed by atoms with van der Waals surface area (Å²) < 4.78 is 1.96. The zero-order valence-corrected chi connectivity index (χ0v) is 14.4. The Morgan fingerprint density at radius 2 is 2.00 bits per heavy atom. The molecule has 0 amide bonds. The number of hydrogen-bond donors (Lipinski definition) is 0. The zero-order chi connectivity index (χ0) is 15.6. The van der Waals surface area contributed by atoms with Gasteiger partial charge in [0.25, 0.3) is 0 Å². The molecule has 2 aromatic rings. The van der Waals surface area contributed by atoms with Gasteiger partial charge in [0.2, 0.25) is 0 Å². The van der Waals surface area contributed by atoms with E-state index in [1.54, 1.807) is 0 Å². The average Bonchev–Trinajstić information content (AvgIpc) is 2.97. The molecule has 2 heterocycles. The van der Waals surface area contributed by atoms with Crippen LogP contribution in [0, 0.1) is 0 Å². The molecule has 0 spiro atoms. The van der Waals surface area contributed by atoms with Crippen LogP contribution in [0.15, 0.2) is 36.5 Å². The summed E-state index contributed by atoms with van der Waals surface area (Å²) in [5.74, 6) is 2.34. The van der Waals surface area contributed by atoms with E-state index in [9.17, 15) is 0 Å². The average molecular weight is 316 g/mol. The SMILES string of the molecule is CC(C)(C)n1cc(CN2CCSCC2c2ccccc2)nn1. The molecule has 1 fully saturated rings. The van der Waals surface area contributed by atoms with Crippen LogP contribution >= 0.6 is 11.8 Å². The van der Waals surface area contributed by atoms with E-state index in [4.69, 9.17) is 0 Å². The summed E-state index contributed by atoms with van der Waals surface area (Å²) in [4.78, 5) is 2.53. The number of nitrogens with zero attached hydrogens (tertiary/aromatic N) is 4. The van der Waals surface area contributed by atoms with E-state index < -0.39 is 0 Å². The number of benzene rings is 1. The van der Waals surface area contributed by atoms with Crippen LogP contribution in [0.25, 0.3) is 0 Å². The first-order chi connectivity index (χ1) is 10.5. The van der Waals surface area contributed by atoms with Crippen molar-refractivity contribution in [2.24, 2.45) is 0 Å². The molecule has 0 radical (unpaired) electrons. The molecule has 0 aliphatic carbocycles. The fourth-order valence-corrected chi connectivity index (χ4v) is 3.87. The van der Waals surface area contributed by atoms with Crippen LogP contribution in [-0.2, 0) is 12.1 Å². The van der Waals surface area contributed by atoms with Crippen molar-refractivity contribution in [3.63, 3.8) is 0 Å². The minimum atomic E-state index is -0.0121. The third-order valence-corrected chi connectivity index (χ3v) is 5.04. The van der Waals surface area contributed by atoms with E-state index in [1.807, 2.05) is 16.4 Å². The van der Waals surface area contributed by atoms with Crippen LogP contribution in [0.5, 0.6) is 0 Å². The Bertz CT molecular complexity index is 603. The van der Waals surface area contributed by atoms with Crippen molar-refractivity contribution < 1.29 is 0 Å². The van der Waals surface area contributed by atoms with Gasteiger partial charge in [0.05, 0.1) is 17.4 Å². The number of thioether (sulfide) groups is 1. The highest BCUT2D eigenvalue weighted by atomic mass is 32.2. The van der Waals surface area contributed by atoms with Gasteiger partial charge in [0.1, 0.15) is 0 Å². The van der Waals surface area contributed by atoms with Crippen LogP contribution in [0.1, 0.15) is 38.1 Å². The van der Waals surface area contributed by atoms with Gasteiger partial charge in [0.15, 0.2) is 0 Å². The van der Waals surface area contributed by atoms with E-state index in [0.29, 0.717) is 6.04 Å². The Morgan fingerprint density at radius 3 is 2.68 bits per heavy atom. The Kier molecular flexibility index (Phi) is 4.54. The molecule has 1 aliphatic rings. The van der Waals surface area contributed by atoms with Gasteiger partial charge in [-0.05, 0) is 26.3 Å². The molecule has 0 bridgehead atoms. The summed E-state index contributed by atoms with van der Waals surface area (Å²) in [7, 11) is 0. The molecule has 22 heavy (non-hydrogen) atoms. The second-order valence-corrected chi connectivity index (χ2v) is 7.95. The molecule has 5 heteroatoms. The predicted octanol–water partition coefficient (Wildman–Crippen LogP) is 3.32. The van der Waals surface area contributed by atoms with E-state index in [1.165, 1.54) is 11.3 Å². The Hall–Kier alpha value is -1.33. The summed E-state index contributed by atoms with van der Waals surface area (Å²) in [5, 5.41) is 8.65. The van der Waals surface area contributed by atoms with Gasteiger partial charge in [-0.25, -0.2) is 4.68 Å². The molecule has 1 atom stereocenters. The van der Waals surface area contributed by atoms with E-state index >= 15 is 0 Å². The van der Waals surface area contributed by atoms with Crippen LogP contribution in [-0.4, -0.2) is 37.9 Å². The Morgan fingerprint density at radius 1 is 1.23 bits per heavy atom. The molecule has 0 N–H and O–H groups in total. The molecule has 118 valence electrons. The van der Waals surface area contributed by atoms with Crippen molar-refractivity contribution in [3.8, 4) is 0 Å². The van der Waals surface area contributed by atoms with Gasteiger partial charge in [-0.1, -0.05) is 35.5 Å². The summed E-state index contributed by atoms with van der Waals surface area (Å²) in [5.41, 5.74) is 2.45. The van der Waals surface area contributed by atoms with Gasteiger partial charge in [-0.3, -0.25) is 4.90 Å². The van der Waals surface area contributed by atoms with Crippen molar-refractivity contribution in [1.29, 1.82) is 0 Å². The maximum atomic E-state index is 4.37. The monoisotopic (exact) mass is 316 g/mol. The largest absolute Gasteiger partial charge is 0.289 e. The first-order valence-electron chi connectivity index (χ1n) is 7.82. The maximum absolute atomic E-state index is 4.37. The van der Waals surface area contributed by atoms with E-state index in [2.05, 4.69) is 72.5 Å². The van der Waals surface area contributed by atoms with Gasteiger partial charge >= 0.3 is 0 Å². The maximum Gasteiger partial charge on any atom is 0.0967 e. The predicted molar refractivity (Wildman–Crippen MR) is 91.9 cm³/mol. The molecule has 1 saturated heterocycles. The third kappa shape index (κ3) is 3.52. The summed E-state index contributed by atoms with van der Waals surface area (Å²) >= 11 is 2.04. The lowest BCUT2D eigenvalue weighted by Crippen LogP contribution is -2.35. The minimum absolute atomic E-state index is 0.0121. The fourth-order valence-electron chi connectivity index (χ4n) is 2.72. The van der Waals surface area contributed by atoms with Crippen LogP contribution in [0.4, 0.5) is 0 Å². The number of rotatable bonds is 3. The lowest BCUT2D eigenvalue weighted by Gasteiger charge is -2.35. The molecule has 3 rings (SSSR count). The normalized spacial score (nSPS) is 20.2. The highest BCUT2D eigenvalue weighted by molar-refractivity contribution is 7.99. The molecule has 1 aromatic heterocycles. The van der Waals surface area contributed by atoms with Gasteiger partial charge in [-0.2, -0.15) is 11.8 Å². The molecule has 1 unspecified atom stereocenters. The Labute approximate surface area is 136 Å². The number of aromatic nitrogens is 3. The second-order valence-electron chi connectivity index (χ2n) is 6.80. The summed E-state index contributed by atoms with van der Waals surface area (Å²) in [6, 6.07) is 11.3. The fraction of sp³-hybridized carbons (Fsp3) is 0.529. The first kappa shape index (κ1) is 15.6. The molecular formula is C17H24N4S. The van der Waals surface area contributed by atoms with Crippen molar-refractivity contribution in [2.75, 3.05) is 18.1 Å². The Balaban J connectivity index is 1.76. The lowest BCUT2D eigenvalue weighted by molar-refractivity contribution is 0.209. The third-order valence-electron chi connectivity index (χ3n) is 4.02. The van der Waals surface area contributed by atoms with Gasteiger partial charge in [-0.15, -0.1) is 5.10 Å². The molecule has 1 aromatic carbocycles. The standard InChI is InChI=1S/C17H24N4S/c1-17(2,3)21-12-15(18-19-21)11-20-9-10-22-13-16(20)14-7-5-4-6-8-14/h4-8,12,16H,9-11,13H2,1-3H3. The summed E-state index contributed by atoms with van der Waals surface area (Å²) in [6.45, 7) is 8.42. The molecule has 0 saturated carbocycles. The summed E-state index contributed by atoms with van der Waals surface area (Å²) in [6.07, 6.45) is 2.09. The van der Waals surface area contributed by atoms with E-state index in [0.717, 1.165) is 24.5 Å². The zero-order valence-electron chi connectivity index (χ0n) is 13.6. The topological polar surface area (TPSA) is 34.0 Å². The highest BCUT2D eigenvalue weighted by Crippen LogP contribution is 2.30. The van der Waals surface area contributed by atoms with Gasteiger partial charge in [0, 0.05) is 30.6 Å². The van der Waals surface area contributed by atoms with E-state index in [-0.39, 0.29) is 5.54 Å². The quantitative estimate of drug-likeness (QED) is 0.870. The highest BCUT2D eigenvalue weighted by Gasteiger charge is 2.25. The first-order valence-corrected chi connectivity index (χ1v) is 8.98. The number of hydrogen-bond acceptors (Lipinski definition) is 4. The second kappa shape index (κ2) is 6.42. The van der Waals surface area contributed by atoms with Gasteiger partial charge < -0.3 is 0 Å². The molecule has 1 aliphatic heterocycles. The molecule has 4 nitrogen and oxygen atoms in total. The lowest BCUT2D eigenvalue weighted by atomic mass is 10.1. The van der Waals surface area contributed by atoms with Crippen molar-refractivity contribution in [3.05, 3.63) is 47.8 Å². The van der Waals surface area contributed by atoms with Crippen molar-refractivity contribution in [1.82, 2.24) is 19.9 Å². The van der Waals surface area contributed by atoms with Crippen molar-refractivity contribution in [2.45, 2.75) is 38.9 Å². The van der Waals surface area contributed by atoms with Crippen LogP contribution < -0.4 is 0 Å². The van der Waals surface area contributed by atoms with Crippen molar-refractivity contribution >= 4 is 11.8 Å². The minimum Gasteiger partial charge on any atom is -0.289 e. The van der Waals surface area contributed by atoms with Crippen LogP contribution in [0.2, 0.25) is 0 Å². The molecular weight excluding hydrogens is 292 g/mol. The smallest absolute Gasteiger partial charge is 0.0967 e. The van der Waals surface area contributed by atoms with Crippen LogP contribution in [0.3, 0.4) is 0 Å².